The number of carbonyl (C=O) groups is 1. The fraction of sp³-hybridized carbons (Fsp3) is 0.222. The quantitative estimate of drug-likeness (QED) is 0.891. The Morgan fingerprint density at radius 3 is 2.60 bits per heavy atom. The molecule has 130 valence electrons. The van der Waals surface area contributed by atoms with E-state index in [1.165, 1.54) is 12.1 Å². The first-order valence-corrected chi connectivity index (χ1v) is 7.86. The molecule has 2 N–H and O–H groups in total. The molecule has 0 atom stereocenters. The Morgan fingerprint density at radius 1 is 1.12 bits per heavy atom. The number of halogens is 3. The van der Waals surface area contributed by atoms with Crippen LogP contribution in [-0.4, -0.2) is 24.0 Å². The lowest BCUT2D eigenvalue weighted by Gasteiger charge is -2.16. The zero-order valence-corrected chi connectivity index (χ0v) is 13.3. The van der Waals surface area contributed by atoms with Crippen molar-refractivity contribution < 1.29 is 18.0 Å². The van der Waals surface area contributed by atoms with E-state index in [2.05, 4.69) is 15.6 Å². The summed E-state index contributed by atoms with van der Waals surface area (Å²) in [6, 6.07) is 7.20. The smallest absolute Gasteiger partial charge is 0.259 e. The van der Waals surface area contributed by atoms with Gasteiger partial charge in [0, 0.05) is 6.07 Å². The molecule has 0 spiro atoms. The first-order valence-electron chi connectivity index (χ1n) is 7.86. The lowest BCUT2D eigenvalue weighted by atomic mass is 10.0. The lowest BCUT2D eigenvalue weighted by Crippen LogP contribution is -2.23. The highest BCUT2D eigenvalue weighted by Gasteiger charge is 2.16. The standard InChI is InChI=1S/C18H16F3N3O/c19-12-4-5-13(14(20)10-12)18(25)24-16-3-1-2-15(23-16)17(21)11-6-8-22-9-7-11/h1-5,10,22H,6-9H2,(H,23,24,25). The van der Waals surface area contributed by atoms with E-state index in [-0.39, 0.29) is 17.1 Å². The van der Waals surface area contributed by atoms with Gasteiger partial charge in [0.2, 0.25) is 0 Å². The molecule has 2 aromatic rings. The van der Waals surface area contributed by atoms with E-state index in [4.69, 9.17) is 0 Å². The minimum atomic E-state index is -0.975. The molecule has 1 saturated heterocycles. The molecule has 3 rings (SSSR count). The molecule has 25 heavy (non-hydrogen) atoms. The summed E-state index contributed by atoms with van der Waals surface area (Å²) in [6.45, 7) is 1.42. The van der Waals surface area contributed by atoms with Gasteiger partial charge in [-0.15, -0.1) is 0 Å². The van der Waals surface area contributed by atoms with Crippen molar-refractivity contribution in [3.63, 3.8) is 0 Å². The number of hydrogen-bond acceptors (Lipinski definition) is 3. The largest absolute Gasteiger partial charge is 0.316 e. The number of nitrogens with zero attached hydrogens (tertiary/aromatic N) is 1. The Hall–Kier alpha value is -2.67. The van der Waals surface area contributed by atoms with Crippen molar-refractivity contribution in [3.05, 3.63) is 64.9 Å². The number of anilines is 1. The van der Waals surface area contributed by atoms with Gasteiger partial charge in [-0.25, -0.2) is 18.2 Å². The number of hydrogen-bond donors (Lipinski definition) is 2. The van der Waals surface area contributed by atoms with Crippen LogP contribution in [0.5, 0.6) is 0 Å². The van der Waals surface area contributed by atoms with Crippen LogP contribution in [0.3, 0.4) is 0 Å². The number of aromatic nitrogens is 1. The summed E-state index contributed by atoms with van der Waals surface area (Å²) < 4.78 is 41.1. The zero-order chi connectivity index (χ0) is 17.8. The van der Waals surface area contributed by atoms with Crippen LogP contribution in [0, 0.1) is 11.6 Å². The lowest BCUT2D eigenvalue weighted by molar-refractivity contribution is 0.102. The van der Waals surface area contributed by atoms with Crippen LogP contribution in [0.25, 0.3) is 5.83 Å². The van der Waals surface area contributed by atoms with Crippen LogP contribution in [0.4, 0.5) is 19.0 Å². The monoisotopic (exact) mass is 347 g/mol. The Balaban J connectivity index is 1.81. The maximum atomic E-state index is 14.5. The first kappa shape index (κ1) is 17.2. The molecule has 0 saturated carbocycles. The third-order valence-electron chi connectivity index (χ3n) is 3.91. The number of amides is 1. The van der Waals surface area contributed by atoms with Crippen molar-refractivity contribution in [2.24, 2.45) is 0 Å². The zero-order valence-electron chi connectivity index (χ0n) is 13.3. The maximum Gasteiger partial charge on any atom is 0.259 e. The van der Waals surface area contributed by atoms with Crippen LogP contribution in [0.2, 0.25) is 0 Å². The van der Waals surface area contributed by atoms with Crippen molar-refractivity contribution in [2.45, 2.75) is 12.8 Å². The second-order valence-corrected chi connectivity index (χ2v) is 5.65. The summed E-state index contributed by atoms with van der Waals surface area (Å²) in [5.41, 5.74) is 0.486. The van der Waals surface area contributed by atoms with E-state index < -0.39 is 23.4 Å². The molecule has 0 bridgehead atoms. The number of pyridine rings is 1. The SMILES string of the molecule is O=C(Nc1cccc(C(F)=C2CCNCC2)n1)c1ccc(F)cc1F. The van der Waals surface area contributed by atoms with Crippen LogP contribution in [0.1, 0.15) is 28.9 Å². The summed E-state index contributed by atoms with van der Waals surface area (Å²) in [6.07, 6.45) is 1.20. The topological polar surface area (TPSA) is 54.0 Å². The van der Waals surface area contributed by atoms with E-state index in [1.54, 1.807) is 6.07 Å². The highest BCUT2D eigenvalue weighted by molar-refractivity contribution is 6.04. The Kier molecular flexibility index (Phi) is 5.14. The van der Waals surface area contributed by atoms with E-state index in [0.29, 0.717) is 37.6 Å². The van der Waals surface area contributed by atoms with Gasteiger partial charge in [-0.05, 0) is 55.8 Å². The van der Waals surface area contributed by atoms with E-state index in [9.17, 15) is 18.0 Å². The molecular formula is C18H16F3N3O. The van der Waals surface area contributed by atoms with Crippen molar-refractivity contribution >= 4 is 17.6 Å². The molecule has 1 aromatic heterocycles. The average Bonchev–Trinajstić information content (AvgIpc) is 2.62. The first-order chi connectivity index (χ1) is 12.0. The molecule has 0 unspecified atom stereocenters. The summed E-state index contributed by atoms with van der Waals surface area (Å²) in [5, 5.41) is 5.55. The second-order valence-electron chi connectivity index (χ2n) is 5.65. The van der Waals surface area contributed by atoms with E-state index >= 15 is 0 Å². The normalized spacial score (nSPS) is 14.3. The third kappa shape index (κ3) is 4.06. The summed E-state index contributed by atoms with van der Waals surface area (Å²) >= 11 is 0. The van der Waals surface area contributed by atoms with Gasteiger partial charge in [0.1, 0.15) is 29.0 Å². The molecule has 7 heteroatoms. The second kappa shape index (κ2) is 7.48. The van der Waals surface area contributed by atoms with Gasteiger partial charge in [0.05, 0.1) is 5.56 Å². The molecular weight excluding hydrogens is 331 g/mol. The van der Waals surface area contributed by atoms with Gasteiger partial charge in [-0.1, -0.05) is 6.07 Å². The molecule has 1 aliphatic heterocycles. The van der Waals surface area contributed by atoms with Gasteiger partial charge in [-0.2, -0.15) is 0 Å². The minimum Gasteiger partial charge on any atom is -0.316 e. The molecule has 1 aliphatic rings. The Bertz CT molecular complexity index is 828. The summed E-state index contributed by atoms with van der Waals surface area (Å²) in [5.74, 6) is -2.83. The van der Waals surface area contributed by atoms with Gasteiger partial charge in [0.25, 0.3) is 5.91 Å². The fourth-order valence-corrected chi connectivity index (χ4v) is 2.61. The molecule has 0 radical (unpaired) electrons. The van der Waals surface area contributed by atoms with Crippen molar-refractivity contribution in [3.8, 4) is 0 Å². The fourth-order valence-electron chi connectivity index (χ4n) is 2.61. The number of nitrogens with one attached hydrogen (secondary N) is 2. The van der Waals surface area contributed by atoms with Crippen LogP contribution < -0.4 is 10.6 Å². The van der Waals surface area contributed by atoms with Gasteiger partial charge in [-0.3, -0.25) is 4.79 Å². The van der Waals surface area contributed by atoms with Gasteiger partial charge in [0.15, 0.2) is 0 Å². The van der Waals surface area contributed by atoms with Crippen LogP contribution in [0.15, 0.2) is 42.0 Å². The van der Waals surface area contributed by atoms with Crippen LogP contribution >= 0.6 is 0 Å². The molecule has 1 amide bonds. The summed E-state index contributed by atoms with van der Waals surface area (Å²) in [7, 11) is 0. The molecule has 4 nitrogen and oxygen atoms in total. The minimum absolute atomic E-state index is 0.0934. The highest BCUT2D eigenvalue weighted by atomic mass is 19.1. The van der Waals surface area contributed by atoms with Gasteiger partial charge < -0.3 is 10.6 Å². The predicted molar refractivity (Wildman–Crippen MR) is 88.7 cm³/mol. The Morgan fingerprint density at radius 2 is 1.88 bits per heavy atom. The third-order valence-corrected chi connectivity index (χ3v) is 3.91. The number of piperidine rings is 1. The molecule has 1 aromatic carbocycles. The number of benzene rings is 1. The number of carbonyl (C=O) groups excluding carboxylic acids is 1. The Labute approximate surface area is 142 Å². The van der Waals surface area contributed by atoms with E-state index in [1.807, 2.05) is 0 Å². The molecule has 1 fully saturated rings. The van der Waals surface area contributed by atoms with Crippen molar-refractivity contribution in [1.82, 2.24) is 10.3 Å². The predicted octanol–water partition coefficient (Wildman–Crippen LogP) is 3.68. The average molecular weight is 347 g/mol. The van der Waals surface area contributed by atoms with Crippen molar-refractivity contribution in [2.75, 3.05) is 18.4 Å². The molecule has 2 heterocycles. The van der Waals surface area contributed by atoms with Crippen molar-refractivity contribution in [1.29, 1.82) is 0 Å². The number of rotatable bonds is 3. The maximum absolute atomic E-state index is 14.5. The molecule has 0 aliphatic carbocycles. The highest BCUT2D eigenvalue weighted by Crippen LogP contribution is 2.25. The van der Waals surface area contributed by atoms with Gasteiger partial charge >= 0.3 is 0 Å². The van der Waals surface area contributed by atoms with Crippen LogP contribution in [-0.2, 0) is 0 Å². The van der Waals surface area contributed by atoms with E-state index in [0.717, 1.165) is 12.1 Å². The summed E-state index contributed by atoms with van der Waals surface area (Å²) in [4.78, 5) is 16.2.